The summed E-state index contributed by atoms with van der Waals surface area (Å²) >= 11 is 5.94. The van der Waals surface area contributed by atoms with Crippen LogP contribution in [0.15, 0.2) is 12.1 Å². The van der Waals surface area contributed by atoms with Gasteiger partial charge in [0.15, 0.2) is 0 Å². The Hall–Kier alpha value is -0.760. The number of anilines is 1. The Bertz CT molecular complexity index is 364. The van der Waals surface area contributed by atoms with Crippen molar-refractivity contribution in [3.63, 3.8) is 0 Å². The molecule has 0 amide bonds. The predicted octanol–water partition coefficient (Wildman–Crippen LogP) is 4.53. The number of aryl methyl sites for hydroxylation is 1. The number of nitrogens with zero attached hydrogens (tertiary/aromatic N) is 2. The normalized spacial score (nSPS) is 11.0. The lowest BCUT2D eigenvalue weighted by Crippen LogP contribution is -2.32. The molecule has 0 aliphatic carbocycles. The minimum atomic E-state index is 0.472. The van der Waals surface area contributed by atoms with Crippen LogP contribution in [-0.2, 0) is 5.88 Å². The SMILES string of the molecule is CCCCCN(c1cc(CCl)cc(C)n1)C(C)C. The number of alkyl halides is 1. The van der Waals surface area contributed by atoms with Crippen LogP contribution in [0.2, 0.25) is 0 Å². The van der Waals surface area contributed by atoms with Gasteiger partial charge in [-0.25, -0.2) is 4.98 Å². The Balaban J connectivity index is 2.87. The van der Waals surface area contributed by atoms with Crippen LogP contribution in [0.5, 0.6) is 0 Å². The molecule has 1 aromatic heterocycles. The average Bonchev–Trinajstić information content (AvgIpc) is 2.33. The summed E-state index contributed by atoms with van der Waals surface area (Å²) in [4.78, 5) is 7.02. The first-order chi connectivity index (χ1) is 8.58. The van der Waals surface area contributed by atoms with Gasteiger partial charge in [0.25, 0.3) is 0 Å². The monoisotopic (exact) mass is 268 g/mol. The van der Waals surface area contributed by atoms with Crippen LogP contribution in [0.3, 0.4) is 0 Å². The smallest absolute Gasteiger partial charge is 0.129 e. The molecule has 0 saturated carbocycles. The van der Waals surface area contributed by atoms with Gasteiger partial charge in [0.2, 0.25) is 0 Å². The van der Waals surface area contributed by atoms with Crippen molar-refractivity contribution in [3.8, 4) is 0 Å². The van der Waals surface area contributed by atoms with E-state index in [2.05, 4.69) is 42.8 Å². The van der Waals surface area contributed by atoms with Gasteiger partial charge in [-0.1, -0.05) is 19.8 Å². The maximum atomic E-state index is 5.94. The van der Waals surface area contributed by atoms with Crippen LogP contribution in [0, 0.1) is 6.92 Å². The van der Waals surface area contributed by atoms with E-state index in [-0.39, 0.29) is 0 Å². The van der Waals surface area contributed by atoms with E-state index < -0.39 is 0 Å². The maximum Gasteiger partial charge on any atom is 0.129 e. The molecule has 1 heterocycles. The summed E-state index contributed by atoms with van der Waals surface area (Å²) in [6.45, 7) is 9.77. The Morgan fingerprint density at radius 1 is 1.28 bits per heavy atom. The highest BCUT2D eigenvalue weighted by molar-refractivity contribution is 6.17. The van der Waals surface area contributed by atoms with Crippen LogP contribution in [0.25, 0.3) is 0 Å². The number of aromatic nitrogens is 1. The zero-order chi connectivity index (χ0) is 13.5. The molecule has 0 atom stereocenters. The molecular formula is C15H25ClN2. The fourth-order valence-electron chi connectivity index (χ4n) is 2.11. The van der Waals surface area contributed by atoms with Crippen molar-refractivity contribution in [3.05, 3.63) is 23.4 Å². The molecular weight excluding hydrogens is 244 g/mol. The molecule has 0 fully saturated rings. The maximum absolute atomic E-state index is 5.94. The van der Waals surface area contributed by atoms with E-state index >= 15 is 0 Å². The summed E-state index contributed by atoms with van der Waals surface area (Å²) in [6, 6.07) is 4.65. The summed E-state index contributed by atoms with van der Waals surface area (Å²) < 4.78 is 0. The van der Waals surface area contributed by atoms with E-state index in [1.807, 2.05) is 6.92 Å². The van der Waals surface area contributed by atoms with Crippen LogP contribution in [0.4, 0.5) is 5.82 Å². The highest BCUT2D eigenvalue weighted by Crippen LogP contribution is 2.19. The van der Waals surface area contributed by atoms with E-state index in [1.165, 1.54) is 19.3 Å². The molecule has 1 rings (SSSR count). The molecule has 1 aromatic rings. The Labute approximate surface area is 116 Å². The van der Waals surface area contributed by atoms with Crippen LogP contribution in [-0.4, -0.2) is 17.6 Å². The molecule has 2 nitrogen and oxygen atoms in total. The minimum Gasteiger partial charge on any atom is -0.354 e. The Kier molecular flexibility index (Phi) is 6.48. The molecule has 0 spiro atoms. The second kappa shape index (κ2) is 7.63. The lowest BCUT2D eigenvalue weighted by atomic mass is 10.2. The highest BCUT2D eigenvalue weighted by atomic mass is 35.5. The molecule has 102 valence electrons. The standard InChI is InChI=1S/C15H25ClN2/c1-5-6-7-8-18(12(2)3)15-10-14(11-16)9-13(4)17-15/h9-10,12H,5-8,11H2,1-4H3. The number of pyridine rings is 1. The molecule has 0 radical (unpaired) electrons. The van der Waals surface area contributed by atoms with Gasteiger partial charge in [0, 0.05) is 24.2 Å². The van der Waals surface area contributed by atoms with Gasteiger partial charge in [0.05, 0.1) is 0 Å². The van der Waals surface area contributed by atoms with Crippen molar-refractivity contribution >= 4 is 17.4 Å². The Morgan fingerprint density at radius 2 is 2.00 bits per heavy atom. The number of hydrogen-bond donors (Lipinski definition) is 0. The first kappa shape index (κ1) is 15.3. The van der Waals surface area contributed by atoms with Crippen molar-refractivity contribution < 1.29 is 0 Å². The van der Waals surface area contributed by atoms with Crippen LogP contribution < -0.4 is 4.90 Å². The molecule has 0 bridgehead atoms. The van der Waals surface area contributed by atoms with Gasteiger partial charge in [0.1, 0.15) is 5.82 Å². The summed E-state index contributed by atoms with van der Waals surface area (Å²) in [5.74, 6) is 1.62. The average molecular weight is 269 g/mol. The zero-order valence-corrected chi connectivity index (χ0v) is 12.8. The Morgan fingerprint density at radius 3 is 2.56 bits per heavy atom. The van der Waals surface area contributed by atoms with E-state index in [9.17, 15) is 0 Å². The first-order valence-electron chi connectivity index (χ1n) is 6.88. The molecule has 0 saturated heterocycles. The summed E-state index contributed by atoms with van der Waals surface area (Å²) in [5, 5.41) is 0. The van der Waals surface area contributed by atoms with Crippen LogP contribution in [0.1, 0.15) is 51.3 Å². The quantitative estimate of drug-likeness (QED) is 0.533. The minimum absolute atomic E-state index is 0.472. The molecule has 0 unspecified atom stereocenters. The number of halogens is 1. The predicted molar refractivity (Wildman–Crippen MR) is 80.5 cm³/mol. The van der Waals surface area contributed by atoms with Gasteiger partial charge in [-0.3, -0.25) is 0 Å². The third-order valence-electron chi connectivity index (χ3n) is 3.07. The van der Waals surface area contributed by atoms with Crippen molar-refractivity contribution in [2.45, 2.75) is 58.9 Å². The van der Waals surface area contributed by atoms with Gasteiger partial charge >= 0.3 is 0 Å². The number of unbranched alkanes of at least 4 members (excludes halogenated alkanes) is 2. The van der Waals surface area contributed by atoms with E-state index in [4.69, 9.17) is 11.6 Å². The number of hydrogen-bond acceptors (Lipinski definition) is 2. The molecule has 0 aliphatic rings. The van der Waals surface area contributed by atoms with Crippen molar-refractivity contribution in [1.29, 1.82) is 0 Å². The molecule has 18 heavy (non-hydrogen) atoms. The van der Waals surface area contributed by atoms with Crippen molar-refractivity contribution in [1.82, 2.24) is 4.98 Å². The number of rotatable bonds is 7. The lowest BCUT2D eigenvalue weighted by Gasteiger charge is -2.28. The molecule has 0 N–H and O–H groups in total. The lowest BCUT2D eigenvalue weighted by molar-refractivity contribution is 0.619. The largest absolute Gasteiger partial charge is 0.354 e. The second-order valence-electron chi connectivity index (χ2n) is 5.10. The second-order valence-corrected chi connectivity index (χ2v) is 5.37. The molecule has 3 heteroatoms. The van der Waals surface area contributed by atoms with E-state index in [1.54, 1.807) is 0 Å². The fourth-order valence-corrected chi connectivity index (χ4v) is 2.27. The first-order valence-corrected chi connectivity index (χ1v) is 7.42. The molecule has 0 aromatic carbocycles. The highest BCUT2D eigenvalue weighted by Gasteiger charge is 2.12. The molecule has 0 aliphatic heterocycles. The zero-order valence-electron chi connectivity index (χ0n) is 12.0. The third-order valence-corrected chi connectivity index (χ3v) is 3.38. The summed E-state index contributed by atoms with van der Waals surface area (Å²) in [7, 11) is 0. The summed E-state index contributed by atoms with van der Waals surface area (Å²) in [6.07, 6.45) is 3.75. The van der Waals surface area contributed by atoms with Gasteiger partial charge in [-0.05, 0) is 44.9 Å². The van der Waals surface area contributed by atoms with Crippen molar-refractivity contribution in [2.75, 3.05) is 11.4 Å². The van der Waals surface area contributed by atoms with E-state index in [0.717, 1.165) is 23.6 Å². The van der Waals surface area contributed by atoms with Gasteiger partial charge in [-0.15, -0.1) is 11.6 Å². The summed E-state index contributed by atoms with van der Waals surface area (Å²) in [5.41, 5.74) is 2.20. The van der Waals surface area contributed by atoms with Crippen LogP contribution >= 0.6 is 11.6 Å². The van der Waals surface area contributed by atoms with Gasteiger partial charge in [-0.2, -0.15) is 0 Å². The van der Waals surface area contributed by atoms with E-state index in [0.29, 0.717) is 11.9 Å². The topological polar surface area (TPSA) is 16.1 Å². The van der Waals surface area contributed by atoms with Crippen molar-refractivity contribution in [2.24, 2.45) is 0 Å². The fraction of sp³-hybridized carbons (Fsp3) is 0.667. The van der Waals surface area contributed by atoms with Gasteiger partial charge < -0.3 is 4.90 Å². The third kappa shape index (κ3) is 4.49.